The molecule has 0 spiro atoms. The summed E-state index contributed by atoms with van der Waals surface area (Å²) in [6.07, 6.45) is 1.80. The second kappa shape index (κ2) is 15.8. The average molecular weight is 682 g/mol. The van der Waals surface area contributed by atoms with E-state index < -0.39 is 49.9 Å². The second-order valence-electron chi connectivity index (χ2n) is 12.8. The van der Waals surface area contributed by atoms with Crippen LogP contribution >= 0.6 is 11.6 Å². The zero-order valence-electron chi connectivity index (χ0n) is 24.4. The molecular formula is C25H49ClGe2N4O6. The number of ether oxygens (including phenoxy) is 3. The third-order valence-corrected chi connectivity index (χ3v) is 11.4. The summed E-state index contributed by atoms with van der Waals surface area (Å²) < 4.78 is 18.9. The first kappa shape index (κ1) is 38.5. The fourth-order valence-electron chi connectivity index (χ4n) is 1.84. The van der Waals surface area contributed by atoms with E-state index in [1.54, 1.807) is 33.0 Å². The summed E-state index contributed by atoms with van der Waals surface area (Å²) in [5.41, 5.74) is -0.681. The van der Waals surface area contributed by atoms with Gasteiger partial charge in [-0.25, -0.2) is 4.79 Å². The van der Waals surface area contributed by atoms with Gasteiger partial charge < -0.3 is 4.74 Å². The molecule has 1 N–H and O–H groups in total. The van der Waals surface area contributed by atoms with Crippen molar-refractivity contribution in [1.29, 1.82) is 0 Å². The van der Waals surface area contributed by atoms with Gasteiger partial charge in [-0.15, -0.1) is 0 Å². The van der Waals surface area contributed by atoms with Gasteiger partial charge in [0.05, 0.1) is 0 Å². The molecule has 2 aromatic rings. The van der Waals surface area contributed by atoms with E-state index in [0.29, 0.717) is 5.88 Å². The number of carbonyl (C=O) groups is 2. The molecule has 0 bridgehead atoms. The maximum atomic E-state index is 11.7. The number of rotatable bonds is 4. The van der Waals surface area contributed by atoms with Crippen LogP contribution in [-0.4, -0.2) is 79.6 Å². The normalized spacial score (nSPS) is 11.6. The Bertz CT molecular complexity index is 1040. The fourth-order valence-corrected chi connectivity index (χ4v) is 3.06. The van der Waals surface area contributed by atoms with E-state index >= 15 is 0 Å². The number of carbonyl (C=O) groups excluding carboxylic acids is 2. The van der Waals surface area contributed by atoms with Gasteiger partial charge in [0.15, 0.2) is 0 Å². The Morgan fingerprint density at radius 2 is 1.37 bits per heavy atom. The van der Waals surface area contributed by atoms with Crippen molar-refractivity contribution in [2.45, 2.75) is 94.7 Å². The molecule has 0 fully saturated rings. The molecule has 0 saturated heterocycles. The van der Waals surface area contributed by atoms with Gasteiger partial charge in [-0.3, -0.25) is 9.89 Å². The van der Waals surface area contributed by atoms with Crippen molar-refractivity contribution in [3.8, 4) is 5.88 Å². The van der Waals surface area contributed by atoms with Gasteiger partial charge in [0.1, 0.15) is 5.60 Å². The van der Waals surface area contributed by atoms with Crippen molar-refractivity contribution in [3.63, 3.8) is 0 Å². The van der Waals surface area contributed by atoms with Crippen molar-refractivity contribution in [2.24, 2.45) is 0 Å². The Morgan fingerprint density at radius 1 is 0.895 bits per heavy atom. The van der Waals surface area contributed by atoms with Gasteiger partial charge >= 0.3 is 164 Å². The summed E-state index contributed by atoms with van der Waals surface area (Å²) in [5, 5.41) is 6.33. The van der Waals surface area contributed by atoms with Gasteiger partial charge in [-0.2, -0.15) is 4.68 Å². The third kappa shape index (κ3) is 20.3. The summed E-state index contributed by atoms with van der Waals surface area (Å²) in [6, 6.07) is 2.93. The molecule has 0 aliphatic carbocycles. The van der Waals surface area contributed by atoms with Crippen molar-refractivity contribution < 1.29 is 23.8 Å². The van der Waals surface area contributed by atoms with Crippen LogP contribution in [-0.2, 0) is 9.47 Å². The maximum absolute atomic E-state index is 11.7. The number of halogens is 1. The Labute approximate surface area is 238 Å². The van der Waals surface area contributed by atoms with Crippen molar-refractivity contribution in [2.75, 3.05) is 10.2 Å². The van der Waals surface area contributed by atoms with Gasteiger partial charge in [0, 0.05) is 12.3 Å². The summed E-state index contributed by atoms with van der Waals surface area (Å²) in [5.74, 6) is 14.1. The predicted octanol–water partition coefficient (Wildman–Crippen LogP) is 6.62. The van der Waals surface area contributed by atoms with Crippen LogP contribution in [0.5, 0.6) is 5.88 Å². The van der Waals surface area contributed by atoms with Gasteiger partial charge in [-0.1, -0.05) is 7.43 Å². The molecule has 0 aromatic carbocycles. The standard InChI is InChI=1S/C12H22GeN2O3.C8H12N2O3.C4H11ClGe.CH4/c1-12(2,3)18-11(16)15-8-7-10(14-15)17-9-13(4,5)6;1-8(2,3)13-7(12)10-5-4-6(11)9-10;1-6(2,3)4-5;/h7-8H,9H2,1-6H3;4-5H,1-3H3,(H,9,11);4H2,1-3H3;1H4. The second-order valence-corrected chi connectivity index (χ2v) is 36.8. The van der Waals surface area contributed by atoms with Crippen LogP contribution in [0.4, 0.5) is 9.59 Å². The van der Waals surface area contributed by atoms with Crippen LogP contribution in [0.25, 0.3) is 0 Å². The molecule has 0 aliphatic heterocycles. The molecule has 13 heteroatoms. The van der Waals surface area contributed by atoms with Crippen LogP contribution < -0.4 is 10.3 Å². The molecule has 2 aromatic heterocycles. The molecule has 0 saturated carbocycles. The third-order valence-electron chi connectivity index (χ3n) is 3.39. The van der Waals surface area contributed by atoms with E-state index in [9.17, 15) is 14.4 Å². The van der Waals surface area contributed by atoms with Crippen molar-refractivity contribution >= 4 is 50.3 Å². The predicted molar refractivity (Wildman–Crippen MR) is 160 cm³/mol. The van der Waals surface area contributed by atoms with E-state index in [0.717, 1.165) is 19.5 Å². The zero-order valence-corrected chi connectivity index (χ0v) is 29.3. The Balaban J connectivity index is 0. The van der Waals surface area contributed by atoms with E-state index in [-0.39, 0.29) is 13.0 Å². The van der Waals surface area contributed by atoms with Crippen molar-refractivity contribution in [1.82, 2.24) is 19.6 Å². The fraction of sp³-hybridized carbons (Fsp3) is 0.680. The van der Waals surface area contributed by atoms with Gasteiger partial charge in [0.25, 0.3) is 5.56 Å². The molecule has 38 heavy (non-hydrogen) atoms. The van der Waals surface area contributed by atoms with E-state index in [2.05, 4.69) is 44.7 Å². The number of nitrogens with zero attached hydrogens (tertiary/aromatic N) is 3. The summed E-state index contributed by atoms with van der Waals surface area (Å²) in [6.45, 7) is 10.7. The molecule has 0 atom stereocenters. The number of H-pyrrole nitrogens is 1. The molecule has 0 unspecified atom stereocenters. The number of nitrogens with one attached hydrogen (secondary N) is 1. The monoisotopic (exact) mass is 684 g/mol. The number of alkyl halides is 1. The van der Waals surface area contributed by atoms with Crippen LogP contribution in [0.1, 0.15) is 49.0 Å². The number of aromatic amines is 1. The molecule has 10 nitrogen and oxygen atoms in total. The summed E-state index contributed by atoms with van der Waals surface area (Å²) >= 11 is 2.53. The molecular weight excluding hydrogens is 633 g/mol. The first-order valence-electron chi connectivity index (χ1n) is 12.0. The van der Waals surface area contributed by atoms with Gasteiger partial charge in [0.2, 0.25) is 0 Å². The summed E-state index contributed by atoms with van der Waals surface area (Å²) in [7, 11) is 0. The first-order chi connectivity index (χ1) is 16.5. The Morgan fingerprint density at radius 3 is 1.74 bits per heavy atom. The molecule has 220 valence electrons. The molecule has 2 heterocycles. The molecule has 0 aliphatic rings. The van der Waals surface area contributed by atoms with Crippen LogP contribution in [0.3, 0.4) is 0 Å². The number of hydrogen-bond acceptors (Lipinski definition) is 7. The van der Waals surface area contributed by atoms with E-state index in [1.807, 2.05) is 20.8 Å². The van der Waals surface area contributed by atoms with Crippen LogP contribution in [0.15, 0.2) is 29.3 Å². The van der Waals surface area contributed by atoms with Crippen LogP contribution in [0, 0.1) is 0 Å². The molecule has 2 rings (SSSR count). The zero-order chi connectivity index (χ0) is 29.2. The minimum atomic E-state index is -1.75. The first-order valence-corrected chi connectivity index (χ1v) is 28.1. The molecule has 0 amide bonds. The minimum absolute atomic E-state index is 0. The Kier molecular flexibility index (Phi) is 16.0. The number of aromatic nitrogens is 4. The average Bonchev–Trinajstić information content (AvgIpc) is 3.33. The van der Waals surface area contributed by atoms with Gasteiger partial charge in [-0.05, 0) is 20.8 Å². The van der Waals surface area contributed by atoms with Crippen LogP contribution in [0.2, 0.25) is 34.5 Å². The van der Waals surface area contributed by atoms with E-state index in [4.69, 9.17) is 25.8 Å². The SMILES string of the molecule is C.CC(C)(C)OC(=O)n1ccc(=O)[nH]1.CC(C)(C)OC(=O)n1ccc(O[CH2][Ge]([CH3])([CH3])[CH3])n1.[CH3][Ge]([CH3])([CH3])[CH2]Cl. The summed E-state index contributed by atoms with van der Waals surface area (Å²) in [4.78, 5) is 33.6. The van der Waals surface area contributed by atoms with Crippen molar-refractivity contribution in [3.05, 3.63) is 34.9 Å². The number of hydrogen-bond donors (Lipinski definition) is 1. The quantitative estimate of drug-likeness (QED) is 0.285. The van der Waals surface area contributed by atoms with E-state index in [1.165, 1.54) is 12.3 Å². The Hall–Kier alpha value is -1.66. The molecule has 0 radical (unpaired) electrons. The topological polar surface area (TPSA) is 117 Å².